The van der Waals surface area contributed by atoms with Crippen LogP contribution in [-0.2, 0) is 14.3 Å². The van der Waals surface area contributed by atoms with Gasteiger partial charge in [0.05, 0.1) is 11.8 Å². The lowest BCUT2D eigenvalue weighted by molar-refractivity contribution is -0.165. The van der Waals surface area contributed by atoms with Crippen LogP contribution in [0.1, 0.15) is 85.5 Å². The molecule has 0 aliphatic heterocycles. The number of esters is 1. The lowest BCUT2D eigenvalue weighted by Gasteiger charge is -2.33. The Morgan fingerprint density at radius 3 is 2.43 bits per heavy atom. The number of rotatable bonds is 9. The van der Waals surface area contributed by atoms with Crippen LogP contribution < -0.4 is 0 Å². The van der Waals surface area contributed by atoms with Crippen LogP contribution in [0.15, 0.2) is 0 Å². The first-order valence-electron chi connectivity index (χ1n) is 9.24. The van der Waals surface area contributed by atoms with Crippen molar-refractivity contribution in [3.8, 4) is 0 Å². The zero-order valence-corrected chi connectivity index (χ0v) is 15.3. The number of aliphatic carboxylic acids is 1. The van der Waals surface area contributed by atoms with E-state index >= 15 is 0 Å². The Balaban J connectivity index is 2.54. The van der Waals surface area contributed by atoms with Gasteiger partial charge in [-0.2, -0.15) is 0 Å². The largest absolute Gasteiger partial charge is 0.481 e. The molecule has 0 aromatic rings. The zero-order valence-electron chi connectivity index (χ0n) is 15.3. The fourth-order valence-electron chi connectivity index (χ4n) is 3.66. The molecule has 0 saturated heterocycles. The van der Waals surface area contributed by atoms with E-state index in [4.69, 9.17) is 9.84 Å². The fourth-order valence-corrected chi connectivity index (χ4v) is 3.66. The Kier molecular flexibility index (Phi) is 8.07. The third kappa shape index (κ3) is 6.92. The Bertz CT molecular complexity index is 389. The minimum atomic E-state index is -0.785. The fraction of sp³-hybridized carbons (Fsp3) is 0.895. The Hall–Kier alpha value is -1.06. The van der Waals surface area contributed by atoms with Gasteiger partial charge in [-0.1, -0.05) is 46.0 Å². The van der Waals surface area contributed by atoms with Gasteiger partial charge in [0, 0.05) is 0 Å². The third-order valence-corrected chi connectivity index (χ3v) is 5.06. The molecule has 1 N–H and O–H groups in total. The van der Waals surface area contributed by atoms with Crippen molar-refractivity contribution in [2.75, 3.05) is 0 Å². The van der Waals surface area contributed by atoms with Gasteiger partial charge in [-0.05, 0) is 45.4 Å². The molecule has 1 aliphatic rings. The average molecular weight is 326 g/mol. The highest BCUT2D eigenvalue weighted by Gasteiger charge is 2.35. The van der Waals surface area contributed by atoms with Crippen molar-refractivity contribution in [3.05, 3.63) is 0 Å². The van der Waals surface area contributed by atoms with Crippen LogP contribution in [0.5, 0.6) is 0 Å². The van der Waals surface area contributed by atoms with Crippen LogP contribution in [0.2, 0.25) is 0 Å². The number of hydrogen-bond acceptors (Lipinski definition) is 3. The van der Waals surface area contributed by atoms with Gasteiger partial charge in [0.1, 0.15) is 5.60 Å². The average Bonchev–Trinajstić information content (AvgIpc) is 2.50. The maximum atomic E-state index is 12.5. The molecule has 4 nitrogen and oxygen atoms in total. The Morgan fingerprint density at radius 1 is 1.22 bits per heavy atom. The van der Waals surface area contributed by atoms with Gasteiger partial charge in [-0.3, -0.25) is 9.59 Å². The molecule has 0 radical (unpaired) electrons. The summed E-state index contributed by atoms with van der Waals surface area (Å²) in [7, 11) is 0. The summed E-state index contributed by atoms with van der Waals surface area (Å²) >= 11 is 0. The van der Waals surface area contributed by atoms with E-state index in [-0.39, 0.29) is 11.9 Å². The summed E-state index contributed by atoms with van der Waals surface area (Å²) in [5, 5.41) is 9.15. The van der Waals surface area contributed by atoms with Gasteiger partial charge in [0.2, 0.25) is 0 Å². The van der Waals surface area contributed by atoms with Crippen LogP contribution in [-0.4, -0.2) is 22.6 Å². The molecule has 1 aliphatic carbocycles. The summed E-state index contributed by atoms with van der Waals surface area (Å²) in [6, 6.07) is 0. The number of carboxylic acid groups (broad SMARTS) is 1. The SMILES string of the molecule is CCCCC(CC)CC(C)(C)OC(=O)C1CCCC(C(=O)O)C1. The standard InChI is InChI=1S/C19H34O4/c1-5-7-9-14(6-2)13-19(3,4)23-18(22)16-11-8-10-15(12-16)17(20)21/h14-16H,5-13H2,1-4H3,(H,20,21). The summed E-state index contributed by atoms with van der Waals surface area (Å²) < 4.78 is 5.79. The van der Waals surface area contributed by atoms with E-state index in [9.17, 15) is 9.59 Å². The molecular formula is C19H34O4. The van der Waals surface area contributed by atoms with Gasteiger partial charge >= 0.3 is 11.9 Å². The van der Waals surface area contributed by atoms with E-state index in [0.717, 1.165) is 25.7 Å². The molecule has 1 fully saturated rings. The van der Waals surface area contributed by atoms with Crippen molar-refractivity contribution < 1.29 is 19.4 Å². The van der Waals surface area contributed by atoms with Gasteiger partial charge in [-0.15, -0.1) is 0 Å². The normalized spacial score (nSPS) is 23.3. The van der Waals surface area contributed by atoms with E-state index in [0.29, 0.717) is 18.8 Å². The molecule has 134 valence electrons. The molecule has 23 heavy (non-hydrogen) atoms. The molecule has 1 rings (SSSR count). The first-order valence-corrected chi connectivity index (χ1v) is 9.24. The molecule has 4 heteroatoms. The lowest BCUT2D eigenvalue weighted by Crippen LogP contribution is -2.36. The van der Waals surface area contributed by atoms with E-state index in [1.54, 1.807) is 0 Å². The van der Waals surface area contributed by atoms with Crippen molar-refractivity contribution in [2.45, 2.75) is 91.1 Å². The smallest absolute Gasteiger partial charge is 0.309 e. The van der Waals surface area contributed by atoms with Crippen molar-refractivity contribution in [1.29, 1.82) is 0 Å². The van der Waals surface area contributed by atoms with Crippen LogP contribution in [0, 0.1) is 17.8 Å². The highest BCUT2D eigenvalue weighted by Crippen LogP contribution is 2.33. The first kappa shape index (κ1) is 20.0. The number of carbonyl (C=O) groups is 2. The van der Waals surface area contributed by atoms with E-state index in [1.807, 2.05) is 13.8 Å². The molecule has 3 atom stereocenters. The highest BCUT2D eigenvalue weighted by atomic mass is 16.6. The molecular weight excluding hydrogens is 292 g/mol. The van der Waals surface area contributed by atoms with E-state index in [2.05, 4.69) is 13.8 Å². The van der Waals surface area contributed by atoms with Crippen molar-refractivity contribution in [2.24, 2.45) is 17.8 Å². The molecule has 1 saturated carbocycles. The summed E-state index contributed by atoms with van der Waals surface area (Å²) in [6.07, 6.45) is 8.22. The van der Waals surface area contributed by atoms with E-state index < -0.39 is 17.5 Å². The summed E-state index contributed by atoms with van der Waals surface area (Å²) in [4.78, 5) is 23.6. The summed E-state index contributed by atoms with van der Waals surface area (Å²) in [5.41, 5.74) is -0.471. The van der Waals surface area contributed by atoms with Gasteiger partial charge in [-0.25, -0.2) is 0 Å². The summed E-state index contributed by atoms with van der Waals surface area (Å²) in [6.45, 7) is 8.35. The second-order valence-corrected chi connectivity index (χ2v) is 7.70. The minimum absolute atomic E-state index is 0.203. The maximum absolute atomic E-state index is 12.5. The lowest BCUT2D eigenvalue weighted by atomic mass is 9.81. The van der Waals surface area contributed by atoms with Crippen molar-refractivity contribution in [1.82, 2.24) is 0 Å². The third-order valence-electron chi connectivity index (χ3n) is 5.06. The second kappa shape index (κ2) is 9.29. The van der Waals surface area contributed by atoms with Gasteiger partial charge < -0.3 is 9.84 Å². The molecule has 0 spiro atoms. The van der Waals surface area contributed by atoms with Crippen LogP contribution >= 0.6 is 0 Å². The second-order valence-electron chi connectivity index (χ2n) is 7.70. The zero-order chi connectivity index (χ0) is 17.5. The predicted molar refractivity (Wildman–Crippen MR) is 91.2 cm³/mol. The first-order chi connectivity index (χ1) is 10.8. The number of hydrogen-bond donors (Lipinski definition) is 1. The number of carboxylic acids is 1. The Labute approximate surface area is 141 Å². The molecule has 0 heterocycles. The minimum Gasteiger partial charge on any atom is -0.481 e. The highest BCUT2D eigenvalue weighted by molar-refractivity contribution is 5.75. The van der Waals surface area contributed by atoms with Crippen LogP contribution in [0.4, 0.5) is 0 Å². The van der Waals surface area contributed by atoms with Crippen molar-refractivity contribution >= 4 is 11.9 Å². The molecule has 3 unspecified atom stereocenters. The molecule has 0 aromatic carbocycles. The van der Waals surface area contributed by atoms with Gasteiger partial charge in [0.25, 0.3) is 0 Å². The van der Waals surface area contributed by atoms with Crippen LogP contribution in [0.25, 0.3) is 0 Å². The molecule has 0 aromatic heterocycles. The summed E-state index contributed by atoms with van der Waals surface area (Å²) in [5.74, 6) is -1.05. The monoisotopic (exact) mass is 326 g/mol. The maximum Gasteiger partial charge on any atom is 0.309 e. The van der Waals surface area contributed by atoms with Crippen LogP contribution in [0.3, 0.4) is 0 Å². The Morgan fingerprint density at radius 2 is 1.87 bits per heavy atom. The topological polar surface area (TPSA) is 63.6 Å². The number of carbonyl (C=O) groups excluding carboxylic acids is 1. The number of ether oxygens (including phenoxy) is 1. The van der Waals surface area contributed by atoms with E-state index in [1.165, 1.54) is 19.3 Å². The predicted octanol–water partition coefficient (Wildman–Crippen LogP) is 4.81. The number of unbranched alkanes of at least 4 members (excludes halogenated alkanes) is 1. The quantitative estimate of drug-likeness (QED) is 0.618. The van der Waals surface area contributed by atoms with Gasteiger partial charge in [0.15, 0.2) is 0 Å². The molecule has 0 amide bonds. The molecule has 0 bridgehead atoms. The van der Waals surface area contributed by atoms with Crippen molar-refractivity contribution in [3.63, 3.8) is 0 Å².